The molecule has 2 N–H and O–H groups in total. The molecule has 0 radical (unpaired) electrons. The Hall–Kier alpha value is -4.91. The molecule has 0 fully saturated rings. The highest BCUT2D eigenvalue weighted by Crippen LogP contribution is 2.30. The summed E-state index contributed by atoms with van der Waals surface area (Å²) in [5.41, 5.74) is 6.98. The maximum absolute atomic E-state index is 13.3. The lowest BCUT2D eigenvalue weighted by Crippen LogP contribution is -2.21. The minimum absolute atomic E-state index is 0.129. The summed E-state index contributed by atoms with van der Waals surface area (Å²) < 4.78 is 0. The number of H-pyrrole nitrogens is 2. The van der Waals surface area contributed by atoms with Crippen LogP contribution in [0.2, 0.25) is 0 Å². The van der Waals surface area contributed by atoms with Gasteiger partial charge >= 0.3 is 0 Å². The number of aromatic nitrogens is 6. The van der Waals surface area contributed by atoms with Crippen LogP contribution >= 0.6 is 0 Å². The van der Waals surface area contributed by atoms with E-state index in [1.165, 1.54) is 16.3 Å². The number of tetrazole rings is 1. The molecule has 0 saturated carbocycles. The number of unbranched alkanes of at least 4 members (excludes halogenated alkanes) is 1. The normalized spacial score (nSPS) is 11.2. The minimum atomic E-state index is -0.129. The molecule has 6 rings (SSSR count). The van der Waals surface area contributed by atoms with Crippen LogP contribution in [-0.4, -0.2) is 30.6 Å². The fourth-order valence-corrected chi connectivity index (χ4v) is 5.34. The van der Waals surface area contributed by atoms with Crippen molar-refractivity contribution in [2.45, 2.75) is 45.4 Å². The molecule has 0 amide bonds. The molecule has 0 bridgehead atoms. The molecule has 204 valence electrons. The molecule has 7 heteroatoms. The van der Waals surface area contributed by atoms with E-state index < -0.39 is 0 Å². The van der Waals surface area contributed by atoms with Crippen LogP contribution in [0.15, 0.2) is 95.8 Å². The molecule has 0 spiro atoms. The Morgan fingerprint density at radius 1 is 0.756 bits per heavy atom. The Bertz CT molecular complexity index is 1820. The van der Waals surface area contributed by atoms with E-state index >= 15 is 0 Å². The third-order valence-electron chi connectivity index (χ3n) is 7.57. The number of hydrogen-bond donors (Lipinski definition) is 2. The van der Waals surface area contributed by atoms with Gasteiger partial charge in [0.05, 0.1) is 0 Å². The molecule has 2 heterocycles. The largest absolute Gasteiger partial charge is 0.347 e. The van der Waals surface area contributed by atoms with Gasteiger partial charge in [0, 0.05) is 29.7 Å². The van der Waals surface area contributed by atoms with Gasteiger partial charge in [0.15, 0.2) is 5.82 Å². The molecule has 6 aromatic rings. The first-order valence-electron chi connectivity index (χ1n) is 14.2. The van der Waals surface area contributed by atoms with Crippen molar-refractivity contribution in [1.29, 1.82) is 0 Å². The first-order chi connectivity index (χ1) is 20.2. The molecule has 0 aliphatic rings. The number of aromatic amines is 2. The maximum Gasteiger partial charge on any atom is 0.276 e. The van der Waals surface area contributed by atoms with Gasteiger partial charge in [-0.1, -0.05) is 104 Å². The predicted molar refractivity (Wildman–Crippen MR) is 163 cm³/mol. The first kappa shape index (κ1) is 26.3. The van der Waals surface area contributed by atoms with Crippen molar-refractivity contribution in [2.75, 3.05) is 0 Å². The number of nitrogens with one attached hydrogen (secondary N) is 2. The van der Waals surface area contributed by atoms with E-state index in [9.17, 15) is 4.79 Å². The number of fused-ring (bicyclic) bond motifs is 1. The van der Waals surface area contributed by atoms with Gasteiger partial charge in [0.2, 0.25) is 0 Å². The fourth-order valence-electron chi connectivity index (χ4n) is 5.34. The van der Waals surface area contributed by atoms with Crippen LogP contribution in [0.4, 0.5) is 0 Å². The second kappa shape index (κ2) is 12.1. The van der Waals surface area contributed by atoms with Crippen molar-refractivity contribution in [3.63, 3.8) is 0 Å². The molecular weight excluding hydrogens is 508 g/mol. The summed E-state index contributed by atoms with van der Waals surface area (Å²) in [4.78, 5) is 21.4. The summed E-state index contributed by atoms with van der Waals surface area (Å²) in [6.45, 7) is 2.17. The van der Waals surface area contributed by atoms with Crippen LogP contribution in [0.25, 0.3) is 33.3 Å². The Morgan fingerprint density at radius 3 is 2.29 bits per heavy atom. The highest BCUT2D eigenvalue weighted by molar-refractivity contribution is 5.83. The standard InChI is InChI=1S/C34H32N6O/c1-2-3-12-31-30(34(41)36-32(35-31)20-16-23-13-17-25-8-4-5-9-27(25)21-23)22-24-14-18-26(19-15-24)28-10-6-7-11-29(28)33-37-39-40-38-33/h4-11,13-15,17-19,21H,2-3,12,16,20,22H2,1H3,(H,35,36,41)(H,37,38,39,40). The van der Waals surface area contributed by atoms with Crippen LogP contribution in [0.1, 0.15) is 48.0 Å². The SMILES string of the molecule is CCCCc1[nH]c(CCc2ccc3ccccc3c2)nc(=O)c1Cc1ccc(-c2ccccc2-c2nnn[nH]2)cc1. The van der Waals surface area contributed by atoms with E-state index in [1.807, 2.05) is 18.2 Å². The average molecular weight is 541 g/mol. The second-order valence-electron chi connectivity index (χ2n) is 10.4. The fraction of sp³-hybridized carbons (Fsp3) is 0.206. The van der Waals surface area contributed by atoms with E-state index in [-0.39, 0.29) is 5.56 Å². The van der Waals surface area contributed by atoms with Crippen LogP contribution in [0.5, 0.6) is 0 Å². The van der Waals surface area contributed by atoms with Gasteiger partial charge in [-0.2, -0.15) is 4.98 Å². The Morgan fingerprint density at radius 2 is 1.51 bits per heavy atom. The number of rotatable bonds is 10. The molecule has 41 heavy (non-hydrogen) atoms. The van der Waals surface area contributed by atoms with E-state index in [1.54, 1.807) is 0 Å². The van der Waals surface area contributed by atoms with E-state index in [0.29, 0.717) is 18.7 Å². The molecule has 7 nitrogen and oxygen atoms in total. The topological polar surface area (TPSA) is 100 Å². The molecule has 0 unspecified atom stereocenters. The minimum Gasteiger partial charge on any atom is -0.347 e. The van der Waals surface area contributed by atoms with Crippen molar-refractivity contribution in [2.24, 2.45) is 0 Å². The molecule has 0 saturated heterocycles. The lowest BCUT2D eigenvalue weighted by atomic mass is 9.96. The van der Waals surface area contributed by atoms with Crippen molar-refractivity contribution in [3.05, 3.63) is 130 Å². The second-order valence-corrected chi connectivity index (χ2v) is 10.4. The lowest BCUT2D eigenvalue weighted by Gasteiger charge is -2.12. The smallest absolute Gasteiger partial charge is 0.276 e. The summed E-state index contributed by atoms with van der Waals surface area (Å²) in [5, 5.41) is 16.8. The summed E-state index contributed by atoms with van der Waals surface area (Å²) in [6.07, 6.45) is 4.98. The zero-order chi connectivity index (χ0) is 28.0. The Balaban J connectivity index is 1.22. The van der Waals surface area contributed by atoms with Crippen LogP contribution < -0.4 is 5.56 Å². The zero-order valence-corrected chi connectivity index (χ0v) is 23.1. The molecule has 0 atom stereocenters. The van der Waals surface area contributed by atoms with Crippen LogP contribution in [-0.2, 0) is 25.7 Å². The summed E-state index contributed by atoms with van der Waals surface area (Å²) in [7, 11) is 0. The number of benzene rings is 4. The quantitative estimate of drug-likeness (QED) is 0.207. The highest BCUT2D eigenvalue weighted by atomic mass is 16.1. The average Bonchev–Trinajstić information content (AvgIpc) is 3.56. The number of hydrogen-bond acceptors (Lipinski definition) is 5. The van der Waals surface area contributed by atoms with E-state index in [0.717, 1.165) is 65.0 Å². The van der Waals surface area contributed by atoms with Crippen LogP contribution in [0.3, 0.4) is 0 Å². The number of nitrogens with zero attached hydrogens (tertiary/aromatic N) is 4. The molecule has 2 aromatic heterocycles. The van der Waals surface area contributed by atoms with Gasteiger partial charge < -0.3 is 4.98 Å². The van der Waals surface area contributed by atoms with Crippen LogP contribution in [0, 0.1) is 0 Å². The summed E-state index contributed by atoms with van der Waals surface area (Å²) in [5.74, 6) is 1.38. The highest BCUT2D eigenvalue weighted by Gasteiger charge is 2.14. The van der Waals surface area contributed by atoms with Gasteiger partial charge in [-0.3, -0.25) is 4.79 Å². The monoisotopic (exact) mass is 540 g/mol. The maximum atomic E-state index is 13.3. The van der Waals surface area contributed by atoms with E-state index in [4.69, 9.17) is 0 Å². The molecule has 0 aliphatic heterocycles. The van der Waals surface area contributed by atoms with Gasteiger partial charge in [-0.05, 0) is 62.7 Å². The lowest BCUT2D eigenvalue weighted by molar-refractivity contribution is 0.736. The third kappa shape index (κ3) is 5.99. The van der Waals surface area contributed by atoms with Gasteiger partial charge in [-0.15, -0.1) is 5.10 Å². The van der Waals surface area contributed by atoms with Crippen molar-refractivity contribution in [1.82, 2.24) is 30.6 Å². The van der Waals surface area contributed by atoms with Gasteiger partial charge in [-0.25, -0.2) is 5.10 Å². The Labute approximate surface area is 238 Å². The van der Waals surface area contributed by atoms with Crippen molar-refractivity contribution < 1.29 is 0 Å². The third-order valence-corrected chi connectivity index (χ3v) is 7.57. The zero-order valence-electron chi connectivity index (χ0n) is 23.1. The van der Waals surface area contributed by atoms with Crippen molar-refractivity contribution in [3.8, 4) is 22.5 Å². The van der Waals surface area contributed by atoms with Gasteiger partial charge in [0.25, 0.3) is 5.56 Å². The van der Waals surface area contributed by atoms with Crippen molar-refractivity contribution >= 4 is 10.8 Å². The predicted octanol–water partition coefficient (Wildman–Crippen LogP) is 6.49. The summed E-state index contributed by atoms with van der Waals surface area (Å²) in [6, 6.07) is 31.3. The van der Waals surface area contributed by atoms with E-state index in [2.05, 4.69) is 110 Å². The Kier molecular flexibility index (Phi) is 7.76. The number of aryl methyl sites for hydroxylation is 3. The molecular formula is C34H32N6O. The van der Waals surface area contributed by atoms with Gasteiger partial charge in [0.1, 0.15) is 5.82 Å². The molecule has 0 aliphatic carbocycles. The summed E-state index contributed by atoms with van der Waals surface area (Å²) >= 11 is 0. The molecule has 4 aromatic carbocycles. The first-order valence-corrected chi connectivity index (χ1v) is 14.2.